The summed E-state index contributed by atoms with van der Waals surface area (Å²) in [5.74, 6) is -0.528. The van der Waals surface area contributed by atoms with E-state index in [4.69, 9.17) is 4.74 Å². The predicted molar refractivity (Wildman–Crippen MR) is 117 cm³/mol. The van der Waals surface area contributed by atoms with Gasteiger partial charge in [0, 0.05) is 17.7 Å². The van der Waals surface area contributed by atoms with E-state index < -0.39 is 5.97 Å². The Morgan fingerprint density at radius 3 is 2.33 bits per heavy atom. The first kappa shape index (κ1) is 21.2. The molecule has 0 fully saturated rings. The minimum atomic E-state index is -0.447. The maximum atomic E-state index is 12.3. The number of amides is 1. The van der Waals surface area contributed by atoms with Crippen LogP contribution in [0.5, 0.6) is 0 Å². The number of rotatable bonds is 8. The largest absolute Gasteiger partial charge is 0.457 e. The van der Waals surface area contributed by atoms with Crippen molar-refractivity contribution in [3.8, 4) is 0 Å². The molecule has 5 nitrogen and oxygen atoms in total. The van der Waals surface area contributed by atoms with E-state index in [1.165, 1.54) is 0 Å². The number of nitrogens with one attached hydrogen (secondary N) is 1. The van der Waals surface area contributed by atoms with Crippen molar-refractivity contribution in [2.45, 2.75) is 26.7 Å². The van der Waals surface area contributed by atoms with Crippen LogP contribution in [0.4, 0.5) is 5.69 Å². The summed E-state index contributed by atoms with van der Waals surface area (Å²) in [7, 11) is 0. The van der Waals surface area contributed by atoms with Gasteiger partial charge in [0.2, 0.25) is 5.91 Å². The summed E-state index contributed by atoms with van der Waals surface area (Å²) in [6.07, 6.45) is 0.544. The van der Waals surface area contributed by atoms with Gasteiger partial charge in [0.25, 0.3) is 0 Å². The molecule has 0 aliphatic heterocycles. The zero-order valence-electron chi connectivity index (χ0n) is 17.2. The highest BCUT2D eigenvalue weighted by atomic mass is 16.5. The number of esters is 1. The summed E-state index contributed by atoms with van der Waals surface area (Å²) in [5.41, 5.74) is 1.92. The Hall–Kier alpha value is -3.47. The maximum Gasteiger partial charge on any atom is 0.310 e. The van der Waals surface area contributed by atoms with Crippen molar-refractivity contribution in [3.05, 3.63) is 77.9 Å². The summed E-state index contributed by atoms with van der Waals surface area (Å²) in [6, 6.07) is 20.2. The quantitative estimate of drug-likeness (QED) is 0.433. The van der Waals surface area contributed by atoms with Crippen LogP contribution in [0.25, 0.3) is 10.8 Å². The SMILES string of the molecule is CC(C)CC(=O)Nc1ccc(C(=O)COC(=O)Cc2cccc3ccccc23)cc1. The minimum Gasteiger partial charge on any atom is -0.457 e. The lowest BCUT2D eigenvalue weighted by atomic mass is 10.0. The van der Waals surface area contributed by atoms with E-state index >= 15 is 0 Å². The molecule has 3 aromatic carbocycles. The molecule has 30 heavy (non-hydrogen) atoms. The fourth-order valence-electron chi connectivity index (χ4n) is 3.20. The molecule has 0 aliphatic rings. The molecule has 0 aromatic heterocycles. The number of ketones is 1. The van der Waals surface area contributed by atoms with E-state index in [1.807, 2.05) is 56.3 Å². The summed E-state index contributed by atoms with van der Waals surface area (Å²) >= 11 is 0. The highest BCUT2D eigenvalue weighted by molar-refractivity contribution is 5.99. The van der Waals surface area contributed by atoms with Gasteiger partial charge in [0.15, 0.2) is 12.4 Å². The Balaban J connectivity index is 1.53. The third-order valence-electron chi connectivity index (χ3n) is 4.66. The molecule has 5 heteroatoms. The van der Waals surface area contributed by atoms with Crippen molar-refractivity contribution in [1.29, 1.82) is 0 Å². The lowest BCUT2D eigenvalue weighted by molar-refractivity contribution is -0.141. The molecule has 0 aliphatic carbocycles. The van der Waals surface area contributed by atoms with Crippen molar-refractivity contribution >= 4 is 34.1 Å². The molecule has 1 N–H and O–H groups in total. The van der Waals surface area contributed by atoms with E-state index in [0.717, 1.165) is 16.3 Å². The first-order valence-corrected chi connectivity index (χ1v) is 9.98. The summed E-state index contributed by atoms with van der Waals surface area (Å²) in [6.45, 7) is 3.63. The van der Waals surface area contributed by atoms with Crippen LogP contribution in [-0.2, 0) is 20.7 Å². The van der Waals surface area contributed by atoms with Gasteiger partial charge in [0.1, 0.15) is 0 Å². The number of hydrogen-bond acceptors (Lipinski definition) is 4. The topological polar surface area (TPSA) is 72.5 Å². The predicted octanol–water partition coefficient (Wildman–Crippen LogP) is 4.79. The molecular formula is C25H25NO4. The molecular weight excluding hydrogens is 378 g/mol. The maximum absolute atomic E-state index is 12.3. The monoisotopic (exact) mass is 403 g/mol. The van der Waals surface area contributed by atoms with E-state index in [9.17, 15) is 14.4 Å². The van der Waals surface area contributed by atoms with Gasteiger partial charge < -0.3 is 10.1 Å². The van der Waals surface area contributed by atoms with Gasteiger partial charge in [-0.05, 0) is 46.5 Å². The number of carbonyl (C=O) groups is 3. The average molecular weight is 403 g/mol. The van der Waals surface area contributed by atoms with Crippen LogP contribution in [0.1, 0.15) is 36.2 Å². The fraction of sp³-hybridized carbons (Fsp3) is 0.240. The molecule has 0 spiro atoms. The summed E-state index contributed by atoms with van der Waals surface area (Å²) < 4.78 is 5.19. The van der Waals surface area contributed by atoms with E-state index in [1.54, 1.807) is 24.3 Å². The van der Waals surface area contributed by atoms with Crippen LogP contribution in [0.2, 0.25) is 0 Å². The average Bonchev–Trinajstić information content (AvgIpc) is 2.72. The molecule has 3 rings (SSSR count). The number of Topliss-reactive ketones (excluding diaryl/α,β-unsaturated/α-hetero) is 1. The molecule has 1 amide bonds. The molecule has 0 saturated carbocycles. The Morgan fingerprint density at radius 2 is 1.60 bits per heavy atom. The summed E-state index contributed by atoms with van der Waals surface area (Å²) in [4.78, 5) is 36.4. The first-order valence-electron chi connectivity index (χ1n) is 9.98. The van der Waals surface area contributed by atoms with Gasteiger partial charge >= 0.3 is 5.97 Å². The summed E-state index contributed by atoms with van der Waals surface area (Å²) in [5, 5.41) is 4.85. The first-order chi connectivity index (χ1) is 14.4. The van der Waals surface area contributed by atoms with Crippen molar-refractivity contribution in [3.63, 3.8) is 0 Å². The molecule has 0 atom stereocenters. The van der Waals surface area contributed by atoms with Crippen LogP contribution >= 0.6 is 0 Å². The molecule has 0 heterocycles. The number of benzene rings is 3. The highest BCUT2D eigenvalue weighted by Crippen LogP contribution is 2.19. The number of ether oxygens (including phenoxy) is 1. The Bertz CT molecular complexity index is 1050. The van der Waals surface area contributed by atoms with E-state index in [2.05, 4.69) is 5.32 Å². The number of fused-ring (bicyclic) bond motifs is 1. The highest BCUT2D eigenvalue weighted by Gasteiger charge is 2.13. The third-order valence-corrected chi connectivity index (χ3v) is 4.66. The van der Waals surface area contributed by atoms with Gasteiger partial charge in [-0.25, -0.2) is 0 Å². The number of hydrogen-bond donors (Lipinski definition) is 1. The van der Waals surface area contributed by atoms with Gasteiger partial charge in [-0.2, -0.15) is 0 Å². The lowest BCUT2D eigenvalue weighted by Gasteiger charge is -2.09. The molecule has 0 bridgehead atoms. The van der Waals surface area contributed by atoms with E-state index in [0.29, 0.717) is 17.7 Å². The van der Waals surface area contributed by atoms with Crippen molar-refractivity contribution in [2.75, 3.05) is 11.9 Å². The van der Waals surface area contributed by atoms with Crippen LogP contribution in [0.3, 0.4) is 0 Å². The second-order valence-electron chi connectivity index (χ2n) is 7.62. The Morgan fingerprint density at radius 1 is 0.900 bits per heavy atom. The molecule has 0 unspecified atom stereocenters. The molecule has 0 saturated heterocycles. The van der Waals surface area contributed by atoms with Crippen molar-refractivity contribution < 1.29 is 19.1 Å². The standard InChI is InChI=1S/C25H25NO4/c1-17(2)14-24(28)26-21-12-10-19(11-13-21)23(27)16-30-25(29)15-20-8-5-7-18-6-3-4-9-22(18)20/h3-13,17H,14-16H2,1-2H3,(H,26,28). The Labute approximate surface area is 176 Å². The molecule has 0 radical (unpaired) electrons. The normalized spacial score (nSPS) is 10.8. The second-order valence-corrected chi connectivity index (χ2v) is 7.62. The van der Waals surface area contributed by atoms with Crippen LogP contribution in [0, 0.1) is 5.92 Å². The zero-order valence-corrected chi connectivity index (χ0v) is 17.2. The fourth-order valence-corrected chi connectivity index (χ4v) is 3.20. The van der Waals surface area contributed by atoms with Gasteiger partial charge in [-0.3, -0.25) is 14.4 Å². The molecule has 3 aromatic rings. The van der Waals surface area contributed by atoms with Crippen LogP contribution in [0.15, 0.2) is 66.7 Å². The molecule has 154 valence electrons. The van der Waals surface area contributed by atoms with Gasteiger partial charge in [-0.1, -0.05) is 56.3 Å². The third kappa shape index (κ3) is 5.77. The minimum absolute atomic E-state index is 0.0635. The van der Waals surface area contributed by atoms with Crippen LogP contribution in [-0.4, -0.2) is 24.3 Å². The smallest absolute Gasteiger partial charge is 0.310 e. The van der Waals surface area contributed by atoms with E-state index in [-0.39, 0.29) is 30.6 Å². The van der Waals surface area contributed by atoms with Gasteiger partial charge in [0.05, 0.1) is 6.42 Å². The lowest BCUT2D eigenvalue weighted by Crippen LogP contribution is -2.16. The van der Waals surface area contributed by atoms with Crippen LogP contribution < -0.4 is 5.32 Å². The second kappa shape index (κ2) is 9.83. The van der Waals surface area contributed by atoms with Crippen molar-refractivity contribution in [2.24, 2.45) is 5.92 Å². The number of carbonyl (C=O) groups excluding carboxylic acids is 3. The Kier molecular flexibility index (Phi) is 6.96. The van der Waals surface area contributed by atoms with Gasteiger partial charge in [-0.15, -0.1) is 0 Å². The zero-order chi connectivity index (χ0) is 21.5. The van der Waals surface area contributed by atoms with Crippen molar-refractivity contribution in [1.82, 2.24) is 0 Å². The number of anilines is 1.